The van der Waals surface area contributed by atoms with Crippen LogP contribution in [0.15, 0.2) is 0 Å². The van der Waals surface area contributed by atoms with E-state index in [0.29, 0.717) is 0 Å². The summed E-state index contributed by atoms with van der Waals surface area (Å²) < 4.78 is 71.4. The first-order chi connectivity index (χ1) is 9.13. The molecule has 0 aliphatic carbocycles. The second-order valence-electron chi connectivity index (χ2n) is 4.72. The summed E-state index contributed by atoms with van der Waals surface area (Å²) in [6.45, 7) is 0. The first-order valence-corrected chi connectivity index (χ1v) is 6.94. The molecule has 0 radical (unpaired) electrons. The molecule has 3 aliphatic rings. The second kappa shape index (κ2) is 5.95. The maximum absolute atomic E-state index is 13.0. The van der Waals surface area contributed by atoms with E-state index in [2.05, 4.69) is 4.74 Å². The minimum absolute atomic E-state index is 0. The van der Waals surface area contributed by atoms with Gasteiger partial charge >= 0.3 is 46.8 Å². The number of rotatable bonds is 3. The van der Waals surface area contributed by atoms with Gasteiger partial charge in [0.2, 0.25) is 0 Å². The number of carbonyl (C=O) groups excluding carboxylic acids is 2. The molecule has 0 amide bonds. The van der Waals surface area contributed by atoms with Gasteiger partial charge in [-0.3, -0.25) is 4.79 Å². The fraction of sp³-hybridized carbons (Fsp3) is 0.800. The molecule has 3 fully saturated rings. The van der Waals surface area contributed by atoms with Crippen LogP contribution in [-0.2, 0) is 33.9 Å². The number of hydrogen-bond acceptors (Lipinski definition) is 8. The summed E-state index contributed by atoms with van der Waals surface area (Å²) >= 11 is 0. The van der Waals surface area contributed by atoms with Crippen LogP contribution in [0.25, 0.3) is 0 Å². The smallest absolute Gasteiger partial charge is 0.743 e. The standard InChI is InChI=1S/C9H8F2O8S.CH4.Na/c10-9(11,20(14,15)16)8(13)19-5-3-1-2-4(17-3)6(5)18-7(2)12;;/h2-6H,1H2,(H,14,15,16);1H4;/q;;+1/p-1. The predicted octanol–water partition coefficient (Wildman–Crippen LogP) is -3.61. The molecule has 0 saturated carbocycles. The normalized spacial score (nSPS) is 35.4. The predicted molar refractivity (Wildman–Crippen MR) is 57.9 cm³/mol. The maximum atomic E-state index is 13.0. The van der Waals surface area contributed by atoms with Crippen molar-refractivity contribution < 1.29 is 75.1 Å². The summed E-state index contributed by atoms with van der Waals surface area (Å²) in [6.07, 6.45) is -3.75. The molecule has 3 aliphatic heterocycles. The molecule has 0 N–H and O–H groups in total. The Hall–Kier alpha value is -0.330. The molecule has 0 aromatic carbocycles. The van der Waals surface area contributed by atoms with Crippen LogP contribution in [0.3, 0.4) is 0 Å². The van der Waals surface area contributed by atoms with Gasteiger partial charge in [0.25, 0.3) is 0 Å². The van der Waals surface area contributed by atoms with E-state index in [9.17, 15) is 31.3 Å². The van der Waals surface area contributed by atoms with E-state index in [1.807, 2.05) is 0 Å². The summed E-state index contributed by atoms with van der Waals surface area (Å²) in [7, 11) is -6.19. The zero-order chi connectivity index (χ0) is 14.9. The van der Waals surface area contributed by atoms with Crippen LogP contribution in [0.2, 0.25) is 0 Å². The fourth-order valence-corrected chi connectivity index (χ4v) is 2.93. The molecule has 0 aromatic heterocycles. The van der Waals surface area contributed by atoms with E-state index in [0.717, 1.165) is 0 Å². The van der Waals surface area contributed by atoms with Gasteiger partial charge in [-0.05, 0) is 6.42 Å². The Kier molecular flexibility index (Phi) is 5.33. The average Bonchev–Trinajstić information content (AvgIpc) is 2.91. The molecule has 3 rings (SSSR count). The minimum atomic E-state index is -6.19. The molecule has 8 nitrogen and oxygen atoms in total. The van der Waals surface area contributed by atoms with E-state index in [1.54, 1.807) is 0 Å². The van der Waals surface area contributed by atoms with Crippen molar-refractivity contribution in [3.05, 3.63) is 0 Å². The molecule has 5 unspecified atom stereocenters. The number of halogens is 2. The molecular weight excluding hydrogens is 341 g/mol. The summed E-state index contributed by atoms with van der Waals surface area (Å²) in [4.78, 5) is 22.5. The first-order valence-electron chi connectivity index (χ1n) is 5.53. The summed E-state index contributed by atoms with van der Waals surface area (Å²) in [5, 5.41) is -5.20. The van der Waals surface area contributed by atoms with Crippen molar-refractivity contribution in [1.29, 1.82) is 0 Å². The number of fused-ring (bicyclic) bond motifs is 1. The number of carbonyl (C=O) groups is 2. The largest absolute Gasteiger partial charge is 1.00 e. The number of esters is 2. The monoisotopic (exact) mass is 352 g/mol. The molecule has 2 bridgehead atoms. The fourth-order valence-electron chi connectivity index (χ4n) is 2.68. The molecule has 3 saturated heterocycles. The van der Waals surface area contributed by atoms with Crippen molar-refractivity contribution in [3.63, 3.8) is 0 Å². The minimum Gasteiger partial charge on any atom is -0.743 e. The van der Waals surface area contributed by atoms with Crippen molar-refractivity contribution in [2.75, 3.05) is 0 Å². The van der Waals surface area contributed by atoms with Crippen LogP contribution in [0.5, 0.6) is 0 Å². The van der Waals surface area contributed by atoms with Crippen LogP contribution in [0.1, 0.15) is 13.8 Å². The zero-order valence-electron chi connectivity index (χ0n) is 10.5. The van der Waals surface area contributed by atoms with Gasteiger partial charge in [-0.2, -0.15) is 8.78 Å². The second-order valence-corrected chi connectivity index (χ2v) is 6.14. The van der Waals surface area contributed by atoms with Gasteiger partial charge < -0.3 is 18.8 Å². The van der Waals surface area contributed by atoms with E-state index < -0.39 is 57.6 Å². The van der Waals surface area contributed by atoms with Gasteiger partial charge in [-0.15, -0.1) is 0 Å². The van der Waals surface area contributed by atoms with Crippen LogP contribution < -0.4 is 29.6 Å². The van der Waals surface area contributed by atoms with Crippen LogP contribution >= 0.6 is 0 Å². The topological polar surface area (TPSA) is 119 Å². The van der Waals surface area contributed by atoms with Crippen molar-refractivity contribution in [1.82, 2.24) is 0 Å². The van der Waals surface area contributed by atoms with E-state index >= 15 is 0 Å². The number of hydrogen-bond donors (Lipinski definition) is 0. The van der Waals surface area contributed by atoms with Crippen molar-refractivity contribution in [2.45, 2.75) is 43.5 Å². The van der Waals surface area contributed by atoms with Gasteiger partial charge in [0.15, 0.2) is 22.3 Å². The molecule has 0 spiro atoms. The Morgan fingerprint density at radius 1 is 1.36 bits per heavy atom. The molecule has 3 heterocycles. The number of alkyl halides is 2. The van der Waals surface area contributed by atoms with E-state index in [4.69, 9.17) is 9.47 Å². The Balaban J connectivity index is 0.00000121. The Bertz CT molecular complexity index is 594. The molecule has 12 heteroatoms. The first kappa shape index (κ1) is 19.7. The summed E-state index contributed by atoms with van der Waals surface area (Å²) in [5.74, 6) is -3.60. The third kappa shape index (κ3) is 2.67. The SMILES string of the molecule is C.O=C1OC2C(OC(=O)C(F)(F)S(=O)(=O)[O-])C3CC1C2O3.[Na+]. The van der Waals surface area contributed by atoms with Crippen molar-refractivity contribution in [3.8, 4) is 0 Å². The quantitative estimate of drug-likeness (QED) is 0.290. The third-order valence-electron chi connectivity index (χ3n) is 3.58. The summed E-state index contributed by atoms with van der Waals surface area (Å²) in [6, 6.07) is 0. The van der Waals surface area contributed by atoms with Crippen molar-refractivity contribution >= 4 is 22.1 Å². The Morgan fingerprint density at radius 2 is 1.95 bits per heavy atom. The van der Waals surface area contributed by atoms with Gasteiger partial charge in [0.05, 0.1) is 12.0 Å². The van der Waals surface area contributed by atoms with Crippen molar-refractivity contribution in [2.24, 2.45) is 5.92 Å². The molecule has 0 aromatic rings. The Morgan fingerprint density at radius 3 is 2.50 bits per heavy atom. The van der Waals surface area contributed by atoms with Crippen LogP contribution in [0, 0.1) is 5.92 Å². The molecule has 5 atom stereocenters. The van der Waals surface area contributed by atoms with Gasteiger partial charge in [-0.25, -0.2) is 13.2 Å². The molecule has 120 valence electrons. The third-order valence-corrected chi connectivity index (χ3v) is 4.37. The molecule has 22 heavy (non-hydrogen) atoms. The van der Waals surface area contributed by atoms with Crippen LogP contribution in [-0.4, -0.2) is 54.6 Å². The molecular formula is C10H11F2NaO8S. The summed E-state index contributed by atoms with van der Waals surface area (Å²) in [5.41, 5.74) is 0. The maximum Gasteiger partial charge on any atom is 1.00 e. The average molecular weight is 352 g/mol. The van der Waals surface area contributed by atoms with Gasteiger partial charge in [0.1, 0.15) is 6.10 Å². The Labute approximate surface area is 146 Å². The zero-order valence-corrected chi connectivity index (χ0v) is 13.3. The van der Waals surface area contributed by atoms with E-state index in [1.165, 1.54) is 0 Å². The number of ether oxygens (including phenoxy) is 3. The van der Waals surface area contributed by atoms with Crippen LogP contribution in [0.4, 0.5) is 8.78 Å². The van der Waals surface area contributed by atoms with Gasteiger partial charge in [-0.1, -0.05) is 7.43 Å². The van der Waals surface area contributed by atoms with E-state index in [-0.39, 0.29) is 43.4 Å². The van der Waals surface area contributed by atoms with Gasteiger partial charge in [0, 0.05) is 0 Å².